The van der Waals surface area contributed by atoms with Gasteiger partial charge in [0.1, 0.15) is 28.3 Å². The number of benzene rings is 2. The number of primary amides is 1. The number of carbonyl (C=O) groups excluding carboxylic acids is 2. The molecule has 2 aromatic carbocycles. The molecule has 0 radical (unpaired) electrons. The second-order valence-electron chi connectivity index (χ2n) is 6.19. The van der Waals surface area contributed by atoms with Crippen LogP contribution in [0.1, 0.15) is 22.2 Å². The molecule has 0 aliphatic rings. The largest absolute Gasteiger partial charge is 0.497 e. The average Bonchev–Trinajstić information content (AvgIpc) is 3.09. The molecule has 1 heterocycles. The van der Waals surface area contributed by atoms with E-state index in [0.717, 1.165) is 11.3 Å². The van der Waals surface area contributed by atoms with E-state index in [0.29, 0.717) is 16.6 Å². The van der Waals surface area contributed by atoms with E-state index >= 15 is 0 Å². The minimum absolute atomic E-state index is 0.0227. The van der Waals surface area contributed by atoms with Crippen LogP contribution in [0.2, 0.25) is 0 Å². The Balaban J connectivity index is 2.02. The third-order valence-electron chi connectivity index (χ3n) is 4.31. The summed E-state index contributed by atoms with van der Waals surface area (Å²) in [5.41, 5.74) is 12.4. The first-order valence-electron chi connectivity index (χ1n) is 8.61. The summed E-state index contributed by atoms with van der Waals surface area (Å²) in [7, 11) is 1.55. The van der Waals surface area contributed by atoms with Crippen molar-refractivity contribution < 1.29 is 18.7 Å². The van der Waals surface area contributed by atoms with Gasteiger partial charge in [-0.3, -0.25) is 9.59 Å². The van der Waals surface area contributed by atoms with Crippen LogP contribution in [0.4, 0.5) is 21.0 Å². The molecule has 0 bridgehead atoms. The molecule has 1 amide bonds. The van der Waals surface area contributed by atoms with Gasteiger partial charge in [-0.25, -0.2) is 9.37 Å². The van der Waals surface area contributed by atoms with E-state index < -0.39 is 17.8 Å². The number of rotatable bonds is 7. The molecule has 1 atom stereocenters. The summed E-state index contributed by atoms with van der Waals surface area (Å²) in [6.45, 7) is 1.63. The number of ketones is 1. The molecule has 7 nitrogen and oxygen atoms in total. The fourth-order valence-corrected chi connectivity index (χ4v) is 3.74. The van der Waals surface area contributed by atoms with Gasteiger partial charge in [-0.1, -0.05) is 11.3 Å². The number of thiazole rings is 1. The molecule has 0 aliphatic heterocycles. The van der Waals surface area contributed by atoms with Crippen LogP contribution >= 0.6 is 11.3 Å². The van der Waals surface area contributed by atoms with Crippen LogP contribution in [-0.4, -0.2) is 29.8 Å². The molecule has 0 unspecified atom stereocenters. The highest BCUT2D eigenvalue weighted by Gasteiger charge is 2.27. The summed E-state index contributed by atoms with van der Waals surface area (Å²) < 4.78 is 18.3. The zero-order valence-electron chi connectivity index (χ0n) is 15.8. The van der Waals surface area contributed by atoms with Crippen molar-refractivity contribution in [3.8, 4) is 5.75 Å². The van der Waals surface area contributed by atoms with Gasteiger partial charge < -0.3 is 21.1 Å². The van der Waals surface area contributed by atoms with Crippen LogP contribution in [0.5, 0.6) is 5.75 Å². The molecule has 0 saturated carbocycles. The number of nitrogen functional groups attached to an aromatic ring is 1. The van der Waals surface area contributed by atoms with E-state index in [1.165, 1.54) is 24.3 Å². The lowest BCUT2D eigenvalue weighted by Crippen LogP contribution is -2.39. The summed E-state index contributed by atoms with van der Waals surface area (Å²) in [5, 5.41) is 0.337. The molecule has 150 valence electrons. The summed E-state index contributed by atoms with van der Waals surface area (Å²) in [4.78, 5) is 30.8. The molecular weight excluding hydrogens is 395 g/mol. The third kappa shape index (κ3) is 4.19. The van der Waals surface area contributed by atoms with Crippen LogP contribution in [0.25, 0.3) is 0 Å². The lowest BCUT2D eigenvalue weighted by molar-refractivity contribution is -0.118. The predicted octanol–water partition coefficient (Wildman–Crippen LogP) is 3.12. The van der Waals surface area contributed by atoms with E-state index in [4.69, 9.17) is 16.2 Å². The Morgan fingerprint density at radius 2 is 1.76 bits per heavy atom. The van der Waals surface area contributed by atoms with Gasteiger partial charge in [-0.2, -0.15) is 0 Å². The van der Waals surface area contributed by atoms with Crippen molar-refractivity contribution in [3.05, 3.63) is 64.8 Å². The number of nitrogens with zero attached hydrogens (tertiary/aromatic N) is 2. The fourth-order valence-electron chi connectivity index (χ4n) is 2.69. The number of carbonyl (C=O) groups is 2. The first kappa shape index (κ1) is 20.3. The number of nitrogens with two attached hydrogens (primary N) is 2. The minimum atomic E-state index is -0.747. The van der Waals surface area contributed by atoms with Gasteiger partial charge in [-0.15, -0.1) is 0 Å². The topological polar surface area (TPSA) is 112 Å². The van der Waals surface area contributed by atoms with E-state index in [-0.39, 0.29) is 22.0 Å². The van der Waals surface area contributed by atoms with Crippen LogP contribution in [0.3, 0.4) is 0 Å². The highest BCUT2D eigenvalue weighted by Crippen LogP contribution is 2.36. The molecule has 3 aromatic rings. The number of hydrogen-bond donors (Lipinski definition) is 2. The minimum Gasteiger partial charge on any atom is -0.497 e. The molecule has 0 aliphatic carbocycles. The SMILES string of the molecule is COc1ccc(N(c2nc(N)c(C(=O)c3ccc(F)cc3)s2)[C@H](C)C(N)=O)cc1. The van der Waals surface area contributed by atoms with Gasteiger partial charge in [0, 0.05) is 11.3 Å². The first-order chi connectivity index (χ1) is 13.8. The highest BCUT2D eigenvalue weighted by molar-refractivity contribution is 7.18. The van der Waals surface area contributed by atoms with E-state index in [1.54, 1.807) is 43.2 Å². The lowest BCUT2D eigenvalue weighted by atomic mass is 10.1. The number of anilines is 3. The number of ether oxygens (including phenoxy) is 1. The summed E-state index contributed by atoms with van der Waals surface area (Å²) in [6.07, 6.45) is 0. The molecule has 0 saturated heterocycles. The van der Waals surface area contributed by atoms with Gasteiger partial charge >= 0.3 is 0 Å². The number of amides is 1. The van der Waals surface area contributed by atoms with Crippen molar-refractivity contribution in [3.63, 3.8) is 0 Å². The van der Waals surface area contributed by atoms with Crippen LogP contribution in [0, 0.1) is 5.82 Å². The second kappa shape index (κ2) is 8.27. The molecule has 0 fully saturated rings. The monoisotopic (exact) mass is 414 g/mol. The van der Waals surface area contributed by atoms with Crippen LogP contribution in [0.15, 0.2) is 48.5 Å². The van der Waals surface area contributed by atoms with Crippen molar-refractivity contribution in [2.24, 2.45) is 5.73 Å². The van der Waals surface area contributed by atoms with Crippen LogP contribution in [-0.2, 0) is 4.79 Å². The van der Waals surface area contributed by atoms with Gasteiger partial charge in [-0.05, 0) is 55.5 Å². The van der Waals surface area contributed by atoms with Gasteiger partial charge in [0.2, 0.25) is 11.7 Å². The van der Waals surface area contributed by atoms with E-state index in [1.807, 2.05) is 0 Å². The van der Waals surface area contributed by atoms with E-state index in [2.05, 4.69) is 4.98 Å². The standard InChI is InChI=1S/C20H19FN4O3S/c1-11(19(23)27)25(14-7-9-15(28-2)10-8-14)20-24-18(22)17(29-20)16(26)12-3-5-13(21)6-4-12/h3-11H,22H2,1-2H3,(H2,23,27)/t11-/m1/s1. The zero-order valence-corrected chi connectivity index (χ0v) is 16.6. The number of methoxy groups -OCH3 is 1. The quantitative estimate of drug-likeness (QED) is 0.575. The zero-order chi connectivity index (χ0) is 21.1. The third-order valence-corrected chi connectivity index (χ3v) is 5.38. The highest BCUT2D eigenvalue weighted by atomic mass is 32.1. The lowest BCUT2D eigenvalue weighted by Gasteiger charge is -2.26. The molecule has 1 aromatic heterocycles. The number of hydrogen-bond acceptors (Lipinski definition) is 7. The molecule has 4 N–H and O–H groups in total. The average molecular weight is 414 g/mol. The normalized spacial score (nSPS) is 11.7. The Bertz CT molecular complexity index is 1030. The molecule has 3 rings (SSSR count). The van der Waals surface area contributed by atoms with Crippen molar-refractivity contribution in [2.75, 3.05) is 17.7 Å². The Hall–Kier alpha value is -3.46. The summed E-state index contributed by atoms with van der Waals surface area (Å²) in [6, 6.07) is 11.4. The van der Waals surface area contributed by atoms with Crippen molar-refractivity contribution in [1.29, 1.82) is 0 Å². The van der Waals surface area contributed by atoms with Crippen LogP contribution < -0.4 is 21.1 Å². The number of aromatic nitrogens is 1. The maximum atomic E-state index is 13.1. The van der Waals surface area contributed by atoms with Crippen molar-refractivity contribution >= 4 is 39.7 Å². The maximum absolute atomic E-state index is 13.1. The first-order valence-corrected chi connectivity index (χ1v) is 9.42. The fraction of sp³-hybridized carbons (Fsp3) is 0.150. The van der Waals surface area contributed by atoms with Crippen molar-refractivity contribution in [2.45, 2.75) is 13.0 Å². The Kier molecular flexibility index (Phi) is 5.79. The molecule has 0 spiro atoms. The van der Waals surface area contributed by atoms with Crippen molar-refractivity contribution in [1.82, 2.24) is 4.98 Å². The summed E-state index contributed by atoms with van der Waals surface area (Å²) in [5.74, 6) is -0.727. The molecule has 9 heteroatoms. The molecule has 29 heavy (non-hydrogen) atoms. The second-order valence-corrected chi connectivity index (χ2v) is 7.17. The maximum Gasteiger partial charge on any atom is 0.240 e. The van der Waals surface area contributed by atoms with E-state index in [9.17, 15) is 14.0 Å². The number of halogens is 1. The van der Waals surface area contributed by atoms with Gasteiger partial charge in [0.25, 0.3) is 0 Å². The Morgan fingerprint density at radius 3 is 2.31 bits per heavy atom. The Labute approximate surface area is 170 Å². The Morgan fingerprint density at radius 1 is 1.14 bits per heavy atom. The van der Waals surface area contributed by atoms with Gasteiger partial charge in [0.05, 0.1) is 7.11 Å². The smallest absolute Gasteiger partial charge is 0.240 e. The summed E-state index contributed by atoms with van der Waals surface area (Å²) >= 11 is 1.03. The molecular formula is C20H19FN4O3S. The van der Waals surface area contributed by atoms with Gasteiger partial charge in [0.15, 0.2) is 5.13 Å². The predicted molar refractivity (Wildman–Crippen MR) is 110 cm³/mol.